The van der Waals surface area contributed by atoms with Crippen molar-refractivity contribution in [3.8, 4) is 0 Å². The van der Waals surface area contributed by atoms with Gasteiger partial charge in [-0.05, 0) is 128 Å². The maximum Gasteiger partial charge on any atom is 0.472 e. The van der Waals surface area contributed by atoms with Gasteiger partial charge in [0.1, 0.15) is 6.61 Å². The zero-order valence-corrected chi connectivity index (χ0v) is 45.7. The standard InChI is InChI=1S/C63H94NO8P/c1-3-5-7-9-11-13-15-17-19-21-23-25-27-28-29-30-31-32-34-36-38-40-42-44-46-48-50-52-54-56-63(66)72-61(60-71-73(67,68)70-58-57-64)59-69-62(65)55-53-51-49-47-45-43-41-39-37-35-33-26-24-22-20-18-16-14-12-10-8-6-4-2/h5-8,11-14,17-20,23-26,28-29,31-32,35-38,41-44,47-50,61H,3-4,9-10,15-16,21-22,27,30,33-34,39-40,45-46,51-60,64H2,1-2H3,(H,67,68)/b7-5-,8-6-,13-11-,14-12-,19-17-,20-18-,25-23-,26-24-,29-28-,32-31-,37-35-,38-36-,43-41-,44-42-,49-47-,50-48-. The van der Waals surface area contributed by atoms with Crippen molar-refractivity contribution in [2.24, 2.45) is 5.73 Å². The van der Waals surface area contributed by atoms with Crippen molar-refractivity contribution in [3.05, 3.63) is 194 Å². The Bertz CT molecular complexity index is 1880. The van der Waals surface area contributed by atoms with Gasteiger partial charge in [0.2, 0.25) is 0 Å². The van der Waals surface area contributed by atoms with Gasteiger partial charge in [-0.15, -0.1) is 0 Å². The Balaban J connectivity index is 4.31. The number of phosphoric acid groups is 1. The second kappa shape index (κ2) is 56.2. The monoisotopic (exact) mass is 1020 g/mol. The molecular formula is C63H94NO8P. The topological polar surface area (TPSA) is 134 Å². The molecule has 0 saturated heterocycles. The SMILES string of the molecule is CC/C=C\C/C=C\C/C=C\C/C=C\C/C=C\C/C=C\C/C=C\C/C=C\C/C=C\CCCC(=O)OC(COC(=O)CCC/C=C\C/C=C\C/C=C\C/C=C\C/C=C\C/C=C\C/C=C\CC)COP(=O)(O)OCCN. The summed E-state index contributed by atoms with van der Waals surface area (Å²) in [4.78, 5) is 35.1. The molecule has 0 heterocycles. The molecule has 0 rings (SSSR count). The van der Waals surface area contributed by atoms with Crippen molar-refractivity contribution in [2.75, 3.05) is 26.4 Å². The van der Waals surface area contributed by atoms with Gasteiger partial charge in [-0.2, -0.15) is 0 Å². The molecule has 0 aromatic heterocycles. The van der Waals surface area contributed by atoms with Crippen LogP contribution in [0.5, 0.6) is 0 Å². The van der Waals surface area contributed by atoms with Crippen molar-refractivity contribution >= 4 is 19.8 Å². The van der Waals surface area contributed by atoms with Gasteiger partial charge in [0, 0.05) is 19.4 Å². The normalized spacial score (nSPS) is 14.6. The van der Waals surface area contributed by atoms with E-state index in [4.69, 9.17) is 24.3 Å². The van der Waals surface area contributed by atoms with Crippen molar-refractivity contribution < 1.29 is 37.6 Å². The molecule has 0 saturated carbocycles. The molecule has 0 aromatic rings. The average Bonchev–Trinajstić information content (AvgIpc) is 3.38. The van der Waals surface area contributed by atoms with Gasteiger partial charge in [-0.1, -0.05) is 208 Å². The first-order valence-electron chi connectivity index (χ1n) is 26.9. The van der Waals surface area contributed by atoms with Gasteiger partial charge in [0.05, 0.1) is 13.2 Å². The van der Waals surface area contributed by atoms with Crippen molar-refractivity contribution in [3.63, 3.8) is 0 Å². The van der Waals surface area contributed by atoms with Crippen LogP contribution >= 0.6 is 7.82 Å². The Morgan fingerprint density at radius 3 is 0.973 bits per heavy atom. The number of allylic oxidation sites excluding steroid dienone is 32. The molecule has 0 aromatic carbocycles. The predicted octanol–water partition coefficient (Wildman–Crippen LogP) is 17.1. The first kappa shape index (κ1) is 67.8. The van der Waals surface area contributed by atoms with Gasteiger partial charge < -0.3 is 20.1 Å². The van der Waals surface area contributed by atoms with E-state index in [2.05, 4.69) is 196 Å². The zero-order valence-electron chi connectivity index (χ0n) is 44.8. The van der Waals surface area contributed by atoms with Crippen molar-refractivity contribution in [2.45, 2.75) is 161 Å². The number of nitrogens with two attached hydrogens (primary N) is 1. The molecule has 0 aliphatic carbocycles. The highest BCUT2D eigenvalue weighted by Gasteiger charge is 2.26. The molecule has 10 heteroatoms. The molecule has 0 spiro atoms. The van der Waals surface area contributed by atoms with Crippen LogP contribution in [0.25, 0.3) is 0 Å². The minimum Gasteiger partial charge on any atom is -0.462 e. The highest BCUT2D eigenvalue weighted by Crippen LogP contribution is 2.43. The highest BCUT2D eigenvalue weighted by molar-refractivity contribution is 7.47. The number of rotatable bonds is 47. The minimum atomic E-state index is -4.43. The molecule has 404 valence electrons. The van der Waals surface area contributed by atoms with E-state index >= 15 is 0 Å². The average molecular weight is 1020 g/mol. The summed E-state index contributed by atoms with van der Waals surface area (Å²) in [6.07, 6.45) is 86.3. The number of carbonyl (C=O) groups is 2. The fourth-order valence-corrected chi connectivity index (χ4v) is 6.86. The molecule has 2 atom stereocenters. The van der Waals surface area contributed by atoms with E-state index in [9.17, 15) is 19.0 Å². The van der Waals surface area contributed by atoms with E-state index < -0.39 is 32.5 Å². The summed E-state index contributed by atoms with van der Waals surface area (Å²) >= 11 is 0. The van der Waals surface area contributed by atoms with Crippen molar-refractivity contribution in [1.82, 2.24) is 0 Å². The van der Waals surface area contributed by atoms with E-state index in [1.807, 2.05) is 12.2 Å². The smallest absolute Gasteiger partial charge is 0.462 e. The molecule has 0 aliphatic heterocycles. The Morgan fingerprint density at radius 1 is 0.411 bits per heavy atom. The van der Waals surface area contributed by atoms with E-state index in [1.54, 1.807) is 0 Å². The summed E-state index contributed by atoms with van der Waals surface area (Å²) in [6.45, 7) is 3.33. The van der Waals surface area contributed by atoms with Crippen LogP contribution in [-0.4, -0.2) is 49.3 Å². The third-order valence-electron chi connectivity index (χ3n) is 9.98. The Hall–Kier alpha value is -5.15. The first-order valence-corrected chi connectivity index (χ1v) is 28.4. The predicted molar refractivity (Wildman–Crippen MR) is 311 cm³/mol. The van der Waals surface area contributed by atoms with E-state index in [1.165, 1.54) is 0 Å². The van der Waals surface area contributed by atoms with Crippen LogP contribution in [0.15, 0.2) is 194 Å². The number of hydrogen-bond acceptors (Lipinski definition) is 8. The van der Waals surface area contributed by atoms with Gasteiger partial charge in [-0.3, -0.25) is 18.6 Å². The molecule has 3 N–H and O–H groups in total. The first-order chi connectivity index (χ1) is 35.8. The fraction of sp³-hybridized carbons (Fsp3) is 0.460. The molecule has 0 bridgehead atoms. The van der Waals surface area contributed by atoms with E-state index in [0.29, 0.717) is 25.7 Å². The molecule has 73 heavy (non-hydrogen) atoms. The Morgan fingerprint density at radius 2 is 0.685 bits per heavy atom. The number of carbonyl (C=O) groups excluding carboxylic acids is 2. The summed E-state index contributed by atoms with van der Waals surface area (Å²) in [6, 6.07) is 0. The van der Waals surface area contributed by atoms with Crippen molar-refractivity contribution in [1.29, 1.82) is 0 Å². The third kappa shape index (κ3) is 56.0. The van der Waals surface area contributed by atoms with Crippen LogP contribution in [-0.2, 0) is 32.7 Å². The minimum absolute atomic E-state index is 0.0238. The molecule has 0 fully saturated rings. The highest BCUT2D eigenvalue weighted by atomic mass is 31.2. The maximum atomic E-state index is 12.7. The van der Waals surface area contributed by atoms with Gasteiger partial charge in [-0.25, -0.2) is 4.57 Å². The number of esters is 2. The second-order valence-electron chi connectivity index (χ2n) is 16.6. The zero-order chi connectivity index (χ0) is 53.1. The van der Waals surface area contributed by atoms with Crippen LogP contribution < -0.4 is 5.73 Å². The lowest BCUT2D eigenvalue weighted by molar-refractivity contribution is -0.161. The molecule has 2 unspecified atom stereocenters. The summed E-state index contributed by atoms with van der Waals surface area (Å²) in [5, 5.41) is 0. The summed E-state index contributed by atoms with van der Waals surface area (Å²) in [5.41, 5.74) is 5.36. The molecule has 0 radical (unpaired) electrons. The van der Waals surface area contributed by atoms with Crippen LogP contribution in [0.3, 0.4) is 0 Å². The second-order valence-corrected chi connectivity index (χ2v) is 18.1. The molecular weight excluding hydrogens is 930 g/mol. The van der Waals surface area contributed by atoms with E-state index in [0.717, 1.165) is 103 Å². The van der Waals surface area contributed by atoms with Gasteiger partial charge in [0.15, 0.2) is 6.10 Å². The Labute approximate surface area is 443 Å². The molecule has 9 nitrogen and oxygen atoms in total. The lowest BCUT2D eigenvalue weighted by Crippen LogP contribution is -2.29. The lowest BCUT2D eigenvalue weighted by Gasteiger charge is -2.19. The van der Waals surface area contributed by atoms with Crippen LogP contribution in [0.4, 0.5) is 0 Å². The number of unbranched alkanes of at least 4 members (excludes halogenated alkanes) is 2. The van der Waals surface area contributed by atoms with Gasteiger partial charge >= 0.3 is 19.8 Å². The quantitative estimate of drug-likeness (QED) is 0.0264. The maximum absolute atomic E-state index is 12.7. The summed E-state index contributed by atoms with van der Waals surface area (Å²) in [7, 11) is -4.43. The molecule has 0 amide bonds. The van der Waals surface area contributed by atoms with E-state index in [-0.39, 0.29) is 32.6 Å². The fourth-order valence-electron chi connectivity index (χ4n) is 6.09. The third-order valence-corrected chi connectivity index (χ3v) is 11.0. The van der Waals surface area contributed by atoms with Gasteiger partial charge in [0.25, 0.3) is 0 Å². The number of phosphoric ester groups is 1. The van der Waals surface area contributed by atoms with Crippen LogP contribution in [0.2, 0.25) is 0 Å². The molecule has 0 aliphatic rings. The lowest BCUT2D eigenvalue weighted by atomic mass is 10.2. The van der Waals surface area contributed by atoms with Crippen LogP contribution in [0.1, 0.15) is 155 Å². The number of hydrogen-bond donors (Lipinski definition) is 2. The Kier molecular flexibility index (Phi) is 52.2. The number of ether oxygens (including phenoxy) is 2. The summed E-state index contributed by atoms with van der Waals surface area (Å²) in [5.74, 6) is -0.990. The largest absolute Gasteiger partial charge is 0.472 e. The summed E-state index contributed by atoms with van der Waals surface area (Å²) < 4.78 is 32.8. The van der Waals surface area contributed by atoms with Crippen LogP contribution in [0, 0.1) is 0 Å².